The fourth-order valence-corrected chi connectivity index (χ4v) is 2.43. The standard InChI is InChI=1S/C16H20O/c1-13-7-5-11-15(16(13)17)12-6-10-14-8-3-2-4-9-14/h2-4,8-9,12-13H,5-7,10-11H2,1H3/b15-12+. The molecule has 1 aliphatic carbocycles. The summed E-state index contributed by atoms with van der Waals surface area (Å²) in [7, 11) is 0. The highest BCUT2D eigenvalue weighted by atomic mass is 16.1. The van der Waals surface area contributed by atoms with Crippen molar-refractivity contribution in [3.05, 3.63) is 47.5 Å². The zero-order valence-electron chi connectivity index (χ0n) is 10.5. The lowest BCUT2D eigenvalue weighted by Crippen LogP contribution is -2.18. The van der Waals surface area contributed by atoms with Crippen molar-refractivity contribution in [1.82, 2.24) is 0 Å². The number of carbonyl (C=O) groups excluding carboxylic acids is 1. The molecule has 0 radical (unpaired) electrons. The van der Waals surface area contributed by atoms with Crippen LogP contribution >= 0.6 is 0 Å². The SMILES string of the molecule is CC1CCC/C(=C\CCc2ccccc2)C1=O. The average Bonchev–Trinajstić information content (AvgIpc) is 2.36. The predicted molar refractivity (Wildman–Crippen MR) is 70.9 cm³/mol. The maximum absolute atomic E-state index is 11.9. The highest BCUT2D eigenvalue weighted by Crippen LogP contribution is 2.25. The Morgan fingerprint density at radius 3 is 2.82 bits per heavy atom. The van der Waals surface area contributed by atoms with E-state index >= 15 is 0 Å². The van der Waals surface area contributed by atoms with Crippen molar-refractivity contribution >= 4 is 5.78 Å². The van der Waals surface area contributed by atoms with Crippen LogP contribution in [0.1, 0.15) is 38.2 Å². The summed E-state index contributed by atoms with van der Waals surface area (Å²) < 4.78 is 0. The molecule has 1 aliphatic rings. The highest BCUT2D eigenvalue weighted by Gasteiger charge is 2.21. The van der Waals surface area contributed by atoms with Crippen molar-refractivity contribution in [3.63, 3.8) is 0 Å². The number of rotatable bonds is 3. The summed E-state index contributed by atoms with van der Waals surface area (Å²) in [5.41, 5.74) is 2.42. The Bertz CT molecular complexity index is 403. The van der Waals surface area contributed by atoms with Gasteiger partial charge >= 0.3 is 0 Å². The summed E-state index contributed by atoms with van der Waals surface area (Å²) in [6, 6.07) is 10.5. The van der Waals surface area contributed by atoms with Crippen LogP contribution in [0.15, 0.2) is 42.0 Å². The van der Waals surface area contributed by atoms with Gasteiger partial charge in [0.2, 0.25) is 0 Å². The first kappa shape index (κ1) is 12.1. The van der Waals surface area contributed by atoms with Gasteiger partial charge in [-0.1, -0.05) is 43.3 Å². The van der Waals surface area contributed by atoms with Crippen LogP contribution in [0.3, 0.4) is 0 Å². The van der Waals surface area contributed by atoms with Crippen LogP contribution in [0.5, 0.6) is 0 Å². The van der Waals surface area contributed by atoms with Gasteiger partial charge in [0.15, 0.2) is 5.78 Å². The van der Waals surface area contributed by atoms with Crippen molar-refractivity contribution in [2.24, 2.45) is 5.92 Å². The number of hydrogen-bond donors (Lipinski definition) is 0. The summed E-state index contributed by atoms with van der Waals surface area (Å²) in [5.74, 6) is 0.621. The summed E-state index contributed by atoms with van der Waals surface area (Å²) in [6.45, 7) is 2.05. The molecular weight excluding hydrogens is 208 g/mol. The Kier molecular flexibility index (Phi) is 4.13. The molecule has 90 valence electrons. The topological polar surface area (TPSA) is 17.1 Å². The zero-order chi connectivity index (χ0) is 12.1. The average molecular weight is 228 g/mol. The van der Waals surface area contributed by atoms with Gasteiger partial charge in [-0.25, -0.2) is 0 Å². The Balaban J connectivity index is 1.90. The smallest absolute Gasteiger partial charge is 0.161 e. The second-order valence-electron chi connectivity index (χ2n) is 4.91. The van der Waals surface area contributed by atoms with E-state index in [9.17, 15) is 4.79 Å². The number of aryl methyl sites for hydroxylation is 1. The molecule has 1 aromatic carbocycles. The predicted octanol–water partition coefficient (Wildman–Crippen LogP) is 3.93. The quantitative estimate of drug-likeness (QED) is 0.716. The van der Waals surface area contributed by atoms with Crippen molar-refractivity contribution in [2.75, 3.05) is 0 Å². The maximum atomic E-state index is 11.9. The lowest BCUT2D eigenvalue weighted by Gasteiger charge is -2.19. The first-order valence-corrected chi connectivity index (χ1v) is 6.54. The zero-order valence-corrected chi connectivity index (χ0v) is 10.5. The van der Waals surface area contributed by atoms with E-state index in [-0.39, 0.29) is 5.92 Å². The summed E-state index contributed by atoms with van der Waals surface area (Å²) in [5, 5.41) is 0. The van der Waals surface area contributed by atoms with Crippen LogP contribution in [0.2, 0.25) is 0 Å². The van der Waals surface area contributed by atoms with E-state index in [0.29, 0.717) is 5.78 Å². The van der Waals surface area contributed by atoms with E-state index in [1.807, 2.05) is 13.0 Å². The third-order valence-corrected chi connectivity index (χ3v) is 3.51. The minimum Gasteiger partial charge on any atom is -0.294 e. The molecule has 1 heteroatoms. The van der Waals surface area contributed by atoms with Crippen molar-refractivity contribution in [3.8, 4) is 0 Å². The van der Waals surface area contributed by atoms with E-state index in [0.717, 1.165) is 31.3 Å². The first-order valence-electron chi connectivity index (χ1n) is 6.54. The Hall–Kier alpha value is -1.37. The van der Waals surface area contributed by atoms with Gasteiger partial charge in [-0.2, -0.15) is 0 Å². The number of hydrogen-bond acceptors (Lipinski definition) is 1. The Labute approximate surface area is 104 Å². The second-order valence-corrected chi connectivity index (χ2v) is 4.91. The van der Waals surface area contributed by atoms with Gasteiger partial charge in [-0.3, -0.25) is 4.79 Å². The molecule has 2 rings (SSSR count). The molecule has 1 saturated carbocycles. The fraction of sp³-hybridized carbons (Fsp3) is 0.438. The Morgan fingerprint density at radius 1 is 1.29 bits per heavy atom. The molecular formula is C16H20O. The third kappa shape index (κ3) is 3.29. The van der Waals surface area contributed by atoms with Gasteiger partial charge in [0, 0.05) is 5.92 Å². The van der Waals surface area contributed by atoms with E-state index in [2.05, 4.69) is 30.3 Å². The largest absolute Gasteiger partial charge is 0.294 e. The molecule has 1 aromatic rings. The number of carbonyl (C=O) groups is 1. The third-order valence-electron chi connectivity index (χ3n) is 3.51. The minimum atomic E-state index is 0.242. The molecule has 1 nitrogen and oxygen atoms in total. The molecule has 0 aliphatic heterocycles. The van der Waals surface area contributed by atoms with Crippen LogP contribution in [-0.2, 0) is 11.2 Å². The van der Waals surface area contributed by atoms with E-state index < -0.39 is 0 Å². The normalized spacial score (nSPS) is 23.0. The molecule has 0 aromatic heterocycles. The van der Waals surface area contributed by atoms with E-state index in [1.54, 1.807) is 0 Å². The molecule has 0 N–H and O–H groups in total. The fourth-order valence-electron chi connectivity index (χ4n) is 2.43. The summed E-state index contributed by atoms with van der Waals surface area (Å²) in [4.78, 5) is 11.9. The lowest BCUT2D eigenvalue weighted by molar-refractivity contribution is -0.119. The molecule has 0 saturated heterocycles. The van der Waals surface area contributed by atoms with Gasteiger partial charge in [0.1, 0.15) is 0 Å². The maximum Gasteiger partial charge on any atom is 0.161 e. The lowest BCUT2D eigenvalue weighted by atomic mass is 9.85. The van der Waals surface area contributed by atoms with Crippen molar-refractivity contribution in [2.45, 2.75) is 39.0 Å². The van der Waals surface area contributed by atoms with Gasteiger partial charge in [-0.15, -0.1) is 0 Å². The van der Waals surface area contributed by atoms with Gasteiger partial charge in [-0.05, 0) is 43.2 Å². The van der Waals surface area contributed by atoms with Crippen LogP contribution in [0.25, 0.3) is 0 Å². The van der Waals surface area contributed by atoms with E-state index in [1.165, 1.54) is 12.0 Å². The number of Topliss-reactive ketones (excluding diaryl/α,β-unsaturated/α-hetero) is 1. The summed E-state index contributed by atoms with van der Waals surface area (Å²) in [6.07, 6.45) is 7.39. The molecule has 0 amide bonds. The van der Waals surface area contributed by atoms with Crippen molar-refractivity contribution in [1.29, 1.82) is 0 Å². The van der Waals surface area contributed by atoms with Crippen LogP contribution in [-0.4, -0.2) is 5.78 Å². The molecule has 1 atom stereocenters. The number of benzene rings is 1. The molecule has 0 heterocycles. The molecule has 0 bridgehead atoms. The highest BCUT2D eigenvalue weighted by molar-refractivity contribution is 5.97. The molecule has 0 spiro atoms. The van der Waals surface area contributed by atoms with Crippen LogP contribution in [0, 0.1) is 5.92 Å². The number of allylic oxidation sites excluding steroid dienone is 2. The van der Waals surface area contributed by atoms with Gasteiger partial charge < -0.3 is 0 Å². The summed E-state index contributed by atoms with van der Waals surface area (Å²) >= 11 is 0. The van der Waals surface area contributed by atoms with E-state index in [4.69, 9.17) is 0 Å². The first-order chi connectivity index (χ1) is 8.27. The molecule has 1 fully saturated rings. The monoisotopic (exact) mass is 228 g/mol. The van der Waals surface area contributed by atoms with Crippen LogP contribution in [0.4, 0.5) is 0 Å². The number of ketones is 1. The minimum absolute atomic E-state index is 0.242. The Morgan fingerprint density at radius 2 is 2.06 bits per heavy atom. The van der Waals surface area contributed by atoms with Crippen molar-refractivity contribution < 1.29 is 4.79 Å². The molecule has 1 unspecified atom stereocenters. The second kappa shape index (κ2) is 5.81. The van der Waals surface area contributed by atoms with Crippen LogP contribution < -0.4 is 0 Å². The van der Waals surface area contributed by atoms with Gasteiger partial charge in [0.25, 0.3) is 0 Å². The van der Waals surface area contributed by atoms with Gasteiger partial charge in [0.05, 0.1) is 0 Å². The molecule has 17 heavy (non-hydrogen) atoms.